The van der Waals surface area contributed by atoms with Crippen LogP contribution in [0.25, 0.3) is 0 Å². The molecule has 0 aliphatic carbocycles. The first-order valence-electron chi connectivity index (χ1n) is 9.12. The number of hydrogen-bond acceptors (Lipinski definition) is 5. The molecule has 3 rings (SSSR count). The summed E-state index contributed by atoms with van der Waals surface area (Å²) in [4.78, 5) is 27.6. The van der Waals surface area contributed by atoms with Gasteiger partial charge >= 0.3 is 5.69 Å². The molecule has 0 saturated carbocycles. The number of amides is 1. The zero-order valence-corrected chi connectivity index (χ0v) is 16.5. The van der Waals surface area contributed by atoms with E-state index in [0.717, 1.165) is 11.4 Å². The van der Waals surface area contributed by atoms with Crippen LogP contribution in [0.5, 0.6) is 5.75 Å². The Morgan fingerprint density at radius 3 is 2.76 bits per heavy atom. The van der Waals surface area contributed by atoms with Crippen molar-refractivity contribution in [2.24, 2.45) is 0 Å². The minimum atomic E-state index is -0.576. The molecule has 8 nitrogen and oxygen atoms in total. The summed E-state index contributed by atoms with van der Waals surface area (Å²) in [5.41, 5.74) is 1.54. The van der Waals surface area contributed by atoms with Crippen LogP contribution < -0.4 is 10.1 Å². The summed E-state index contributed by atoms with van der Waals surface area (Å²) in [6.45, 7) is 4.80. The second kappa shape index (κ2) is 8.55. The summed E-state index contributed by atoms with van der Waals surface area (Å²) >= 11 is 0. The van der Waals surface area contributed by atoms with Crippen molar-refractivity contribution >= 4 is 17.3 Å². The van der Waals surface area contributed by atoms with Crippen molar-refractivity contribution in [1.29, 1.82) is 0 Å². The van der Waals surface area contributed by atoms with Crippen molar-refractivity contribution in [2.75, 3.05) is 12.4 Å². The molecule has 0 spiro atoms. The molecule has 3 aromatic rings. The van der Waals surface area contributed by atoms with Gasteiger partial charge in [0, 0.05) is 42.2 Å². The molecule has 1 N–H and O–H groups in total. The van der Waals surface area contributed by atoms with Crippen molar-refractivity contribution < 1.29 is 14.5 Å². The van der Waals surface area contributed by atoms with Crippen LogP contribution in [0.1, 0.15) is 41.5 Å². The number of nitro groups is 1. The molecule has 0 radical (unpaired) electrons. The van der Waals surface area contributed by atoms with Crippen molar-refractivity contribution in [3.63, 3.8) is 0 Å². The summed E-state index contributed by atoms with van der Waals surface area (Å²) in [6.07, 6.45) is 3.70. The predicted octanol–water partition coefficient (Wildman–Crippen LogP) is 4.22. The maximum Gasteiger partial charge on any atom is 0.311 e. The average molecular weight is 394 g/mol. The number of nitrogens with one attached hydrogen (secondary N) is 1. The number of nitrogens with zero attached hydrogens (tertiary/aromatic N) is 3. The zero-order valence-electron chi connectivity index (χ0n) is 16.5. The van der Waals surface area contributed by atoms with Crippen LogP contribution in [0, 0.1) is 10.1 Å². The molecule has 1 aromatic heterocycles. The topological polar surface area (TPSA) is 99.3 Å². The molecular formula is C21H22N4O4. The van der Waals surface area contributed by atoms with Gasteiger partial charge in [-0.25, -0.2) is 4.98 Å². The van der Waals surface area contributed by atoms with Gasteiger partial charge in [0.25, 0.3) is 5.91 Å². The van der Waals surface area contributed by atoms with E-state index < -0.39 is 10.8 Å². The van der Waals surface area contributed by atoms with Crippen molar-refractivity contribution in [3.05, 3.63) is 81.9 Å². The third-order valence-electron chi connectivity index (χ3n) is 4.44. The third-order valence-corrected chi connectivity index (χ3v) is 4.44. The van der Waals surface area contributed by atoms with Crippen LogP contribution >= 0.6 is 0 Å². The maximum absolute atomic E-state index is 12.6. The Labute approximate surface area is 168 Å². The van der Waals surface area contributed by atoms with Crippen LogP contribution in [0.3, 0.4) is 0 Å². The smallest absolute Gasteiger partial charge is 0.311 e. The lowest BCUT2D eigenvalue weighted by molar-refractivity contribution is -0.385. The molecule has 1 heterocycles. The molecular weight excluding hydrogens is 372 g/mol. The Hall–Kier alpha value is -3.68. The fourth-order valence-electron chi connectivity index (χ4n) is 3.08. The van der Waals surface area contributed by atoms with Gasteiger partial charge in [0.15, 0.2) is 5.75 Å². The number of hydrogen-bond donors (Lipinski definition) is 1. The van der Waals surface area contributed by atoms with Crippen molar-refractivity contribution in [3.8, 4) is 5.75 Å². The molecule has 8 heteroatoms. The fraction of sp³-hybridized carbons (Fsp3) is 0.238. The monoisotopic (exact) mass is 394 g/mol. The Morgan fingerprint density at radius 2 is 2.07 bits per heavy atom. The van der Waals surface area contributed by atoms with Crippen LogP contribution in [-0.2, 0) is 6.54 Å². The number of carbonyl (C=O) groups is 1. The first-order valence-corrected chi connectivity index (χ1v) is 9.12. The first-order chi connectivity index (χ1) is 13.9. The van der Waals surface area contributed by atoms with E-state index >= 15 is 0 Å². The van der Waals surface area contributed by atoms with Gasteiger partial charge in [0.05, 0.1) is 12.0 Å². The molecule has 29 heavy (non-hydrogen) atoms. The highest BCUT2D eigenvalue weighted by molar-refractivity contribution is 6.04. The highest BCUT2D eigenvalue weighted by Crippen LogP contribution is 2.28. The summed E-state index contributed by atoms with van der Waals surface area (Å²) in [7, 11) is 1.35. The van der Waals surface area contributed by atoms with E-state index in [9.17, 15) is 14.9 Å². The Balaban J connectivity index is 1.78. The first kappa shape index (κ1) is 20.1. The second-order valence-corrected chi connectivity index (χ2v) is 6.87. The number of aromatic nitrogens is 2. The van der Waals surface area contributed by atoms with E-state index in [-0.39, 0.29) is 17.0 Å². The van der Waals surface area contributed by atoms with Gasteiger partial charge in [-0.05, 0) is 29.8 Å². The Kier molecular flexibility index (Phi) is 5.92. The number of nitro benzene ring substituents is 1. The molecule has 0 fully saturated rings. The van der Waals surface area contributed by atoms with E-state index in [1.807, 2.05) is 24.4 Å². The summed E-state index contributed by atoms with van der Waals surface area (Å²) in [6, 6.07) is 11.6. The van der Waals surface area contributed by atoms with E-state index in [0.29, 0.717) is 18.2 Å². The molecule has 1 amide bonds. The lowest BCUT2D eigenvalue weighted by atomic mass is 10.1. The number of methoxy groups -OCH3 is 1. The van der Waals surface area contributed by atoms with Crippen LogP contribution in [0.4, 0.5) is 11.4 Å². The minimum absolute atomic E-state index is 0.106. The van der Waals surface area contributed by atoms with E-state index in [4.69, 9.17) is 4.74 Å². The lowest BCUT2D eigenvalue weighted by Gasteiger charge is -2.12. The number of benzene rings is 2. The molecule has 0 aliphatic heterocycles. The minimum Gasteiger partial charge on any atom is -0.490 e. The lowest BCUT2D eigenvalue weighted by Crippen LogP contribution is -2.13. The highest BCUT2D eigenvalue weighted by Gasteiger charge is 2.18. The standard InChI is InChI=1S/C21H22N4O4/c1-14(2)20-22-9-10-24(20)13-15-5-4-6-17(11-15)23-21(26)16-7-8-19(29-3)18(12-16)25(27)28/h4-12,14H,13H2,1-3H3,(H,23,26). The van der Waals surface area contributed by atoms with Gasteiger partial charge in [-0.2, -0.15) is 0 Å². The van der Waals surface area contributed by atoms with Gasteiger partial charge < -0.3 is 14.6 Å². The van der Waals surface area contributed by atoms with Crippen LogP contribution in [0.15, 0.2) is 54.9 Å². The highest BCUT2D eigenvalue weighted by atomic mass is 16.6. The van der Waals surface area contributed by atoms with Gasteiger partial charge in [0.2, 0.25) is 0 Å². The van der Waals surface area contributed by atoms with Gasteiger partial charge in [-0.1, -0.05) is 26.0 Å². The second-order valence-electron chi connectivity index (χ2n) is 6.87. The SMILES string of the molecule is COc1ccc(C(=O)Nc2cccc(Cn3ccnc3C(C)C)c2)cc1[N+](=O)[O-]. The van der Waals surface area contributed by atoms with Gasteiger partial charge in [-0.15, -0.1) is 0 Å². The average Bonchev–Trinajstić information content (AvgIpc) is 3.16. The normalized spacial score (nSPS) is 10.8. The van der Waals surface area contributed by atoms with Crippen molar-refractivity contribution in [2.45, 2.75) is 26.3 Å². The largest absolute Gasteiger partial charge is 0.490 e. The predicted molar refractivity (Wildman–Crippen MR) is 109 cm³/mol. The van der Waals surface area contributed by atoms with Gasteiger partial charge in [-0.3, -0.25) is 14.9 Å². The zero-order chi connectivity index (χ0) is 21.0. The van der Waals surface area contributed by atoms with Crippen LogP contribution in [-0.4, -0.2) is 27.5 Å². The molecule has 0 bridgehead atoms. The third kappa shape index (κ3) is 4.60. The summed E-state index contributed by atoms with van der Waals surface area (Å²) < 4.78 is 7.04. The molecule has 0 aliphatic rings. The number of ether oxygens (including phenoxy) is 1. The number of carbonyl (C=O) groups excluding carboxylic acids is 1. The number of anilines is 1. The van der Waals surface area contributed by atoms with E-state index in [2.05, 4.69) is 28.7 Å². The molecule has 0 unspecified atom stereocenters. The molecule has 150 valence electrons. The molecule has 2 aromatic carbocycles. The van der Waals surface area contributed by atoms with Crippen LogP contribution in [0.2, 0.25) is 0 Å². The quantitative estimate of drug-likeness (QED) is 0.478. The van der Waals surface area contributed by atoms with E-state index in [1.165, 1.54) is 25.3 Å². The summed E-state index contributed by atoms with van der Waals surface area (Å²) in [5.74, 6) is 0.969. The fourth-order valence-corrected chi connectivity index (χ4v) is 3.08. The Bertz CT molecular complexity index is 1040. The summed E-state index contributed by atoms with van der Waals surface area (Å²) in [5, 5.41) is 14.0. The molecule has 0 saturated heterocycles. The maximum atomic E-state index is 12.6. The Morgan fingerprint density at radius 1 is 1.28 bits per heavy atom. The number of rotatable bonds is 7. The van der Waals surface area contributed by atoms with Crippen molar-refractivity contribution in [1.82, 2.24) is 9.55 Å². The number of imidazole rings is 1. The van der Waals surface area contributed by atoms with E-state index in [1.54, 1.807) is 12.3 Å². The molecule has 0 atom stereocenters. The van der Waals surface area contributed by atoms with Gasteiger partial charge in [0.1, 0.15) is 5.82 Å².